The summed E-state index contributed by atoms with van der Waals surface area (Å²) in [7, 11) is -2.01. The third-order valence-corrected chi connectivity index (χ3v) is 12.0. The summed E-state index contributed by atoms with van der Waals surface area (Å²) in [5, 5.41) is 22.9. The maximum Gasteiger partial charge on any atom is 0.469 e. The Morgan fingerprint density at radius 3 is 2.38 bits per heavy atom. The molecule has 1 spiro atoms. The van der Waals surface area contributed by atoms with Gasteiger partial charge in [-0.15, -0.1) is 0 Å². The Hall–Kier alpha value is -2.49. The van der Waals surface area contributed by atoms with E-state index in [1.165, 1.54) is 13.2 Å². The van der Waals surface area contributed by atoms with E-state index in [2.05, 4.69) is 11.1 Å². The molecule has 312 valence electrons. The number of primary amides is 1. The summed E-state index contributed by atoms with van der Waals surface area (Å²) in [5.41, 5.74) is 7.66. The number of aryl methyl sites for hydroxylation is 1. The van der Waals surface area contributed by atoms with Crippen LogP contribution >= 0.6 is 7.82 Å². The zero-order valence-electron chi connectivity index (χ0n) is 34.3. The molecule has 2 saturated heterocycles. The van der Waals surface area contributed by atoms with Crippen molar-refractivity contribution in [3.05, 3.63) is 58.9 Å². The lowest BCUT2D eigenvalue weighted by atomic mass is 9.72. The fourth-order valence-corrected chi connectivity index (χ4v) is 8.41. The number of carbonyl (C=O) groups excluding carboxylic acids is 1. The van der Waals surface area contributed by atoms with Crippen LogP contribution in [0.3, 0.4) is 0 Å². The summed E-state index contributed by atoms with van der Waals surface area (Å²) in [6.45, 7) is 16.8. The van der Waals surface area contributed by atoms with Crippen molar-refractivity contribution in [3.63, 3.8) is 0 Å². The molecule has 6 N–H and O–H groups in total. The third-order valence-electron chi connectivity index (χ3n) is 11.5. The van der Waals surface area contributed by atoms with Gasteiger partial charge in [0.25, 0.3) is 0 Å². The number of rotatable bonds is 19. The molecule has 1 amide bonds. The Bertz CT molecular complexity index is 1600. The molecule has 1 aromatic heterocycles. The summed E-state index contributed by atoms with van der Waals surface area (Å²) in [6.07, 6.45) is 6.85. The van der Waals surface area contributed by atoms with E-state index in [-0.39, 0.29) is 30.8 Å². The van der Waals surface area contributed by atoms with E-state index in [9.17, 15) is 29.4 Å². The van der Waals surface area contributed by atoms with Crippen molar-refractivity contribution in [3.8, 4) is 0 Å². The van der Waals surface area contributed by atoms with Gasteiger partial charge in [-0.1, -0.05) is 69.6 Å². The molecule has 55 heavy (non-hydrogen) atoms. The number of ether oxygens (including phenoxy) is 4. The van der Waals surface area contributed by atoms with Crippen LogP contribution in [-0.4, -0.2) is 93.6 Å². The first-order valence-corrected chi connectivity index (χ1v) is 20.5. The number of amides is 1. The van der Waals surface area contributed by atoms with Crippen LogP contribution in [0.15, 0.2) is 51.7 Å². The molecule has 0 saturated carbocycles. The standard InChI is InChI=1S/C40H65N2O12P/c1-23(18-35(41)44)14-12-15-24(2)25(3)19-26(4)36(45)27(5)31(43)20-33(49-10)37-38(54-55(46,47)48)39(8,9)40(53-37)21-34(50-11)28(6)32(52-40)17-13-16-30-22-51-29(7)42-30/h13,15-16,18-19,22,26-28,31-34,36-38,43,45H,12,14,17,20-21H2,1-11H3,(H2,41,44)(H2,46,47,48)/b16-13+,23-18?,24-15+,25-19+/t26-,27+,28-,31+,32-,33-,34+,36-,37-,38+,40-/m1/s1. The van der Waals surface area contributed by atoms with E-state index in [0.717, 1.165) is 23.1 Å². The number of carbonyl (C=O) groups is 1. The van der Waals surface area contributed by atoms with Gasteiger partial charge in [-0.3, -0.25) is 9.32 Å². The zero-order chi connectivity index (χ0) is 41.5. The molecule has 3 heterocycles. The lowest BCUT2D eigenvalue weighted by Gasteiger charge is -2.50. The Morgan fingerprint density at radius 1 is 1.15 bits per heavy atom. The highest BCUT2D eigenvalue weighted by molar-refractivity contribution is 7.46. The van der Waals surface area contributed by atoms with Crippen LogP contribution in [0.1, 0.15) is 99.1 Å². The van der Waals surface area contributed by atoms with Crippen molar-refractivity contribution in [2.45, 2.75) is 143 Å². The van der Waals surface area contributed by atoms with Crippen LogP contribution in [0.4, 0.5) is 0 Å². The molecule has 3 rings (SSSR count). The van der Waals surface area contributed by atoms with Crippen molar-refractivity contribution in [2.75, 3.05) is 14.2 Å². The van der Waals surface area contributed by atoms with Crippen LogP contribution in [0.2, 0.25) is 0 Å². The maximum atomic E-state index is 12.5. The molecule has 2 aliphatic rings. The molecular formula is C40H65N2O12P. The second-order valence-corrected chi connectivity index (χ2v) is 17.1. The van der Waals surface area contributed by atoms with E-state index >= 15 is 0 Å². The predicted octanol–water partition coefficient (Wildman–Crippen LogP) is 5.93. The molecule has 14 nitrogen and oxygen atoms in total. The Morgan fingerprint density at radius 2 is 1.82 bits per heavy atom. The fourth-order valence-electron chi connectivity index (χ4n) is 7.73. The first-order chi connectivity index (χ1) is 25.5. The van der Waals surface area contributed by atoms with Gasteiger partial charge in [0.05, 0.1) is 30.5 Å². The lowest BCUT2D eigenvalue weighted by Crippen LogP contribution is -2.58. The monoisotopic (exact) mass is 796 g/mol. The Balaban J connectivity index is 1.83. The molecule has 0 radical (unpaired) electrons. The van der Waals surface area contributed by atoms with Crippen LogP contribution in [0.25, 0.3) is 6.08 Å². The normalized spacial score (nSPS) is 29.4. The molecule has 0 aliphatic carbocycles. The molecule has 2 fully saturated rings. The number of hydrogen-bond donors (Lipinski definition) is 5. The molecule has 0 aromatic carbocycles. The van der Waals surface area contributed by atoms with Gasteiger partial charge in [-0.2, -0.15) is 0 Å². The number of aromatic nitrogens is 1. The lowest BCUT2D eigenvalue weighted by molar-refractivity contribution is -0.336. The number of methoxy groups -OCH3 is 2. The number of aliphatic hydroxyl groups excluding tert-OH is 2. The van der Waals surface area contributed by atoms with Gasteiger partial charge in [0.2, 0.25) is 5.91 Å². The smallest absolute Gasteiger partial charge is 0.449 e. The summed E-state index contributed by atoms with van der Waals surface area (Å²) in [4.78, 5) is 35.6. The van der Waals surface area contributed by atoms with Gasteiger partial charge in [0, 0.05) is 63.2 Å². The first-order valence-electron chi connectivity index (χ1n) is 19.0. The average Bonchev–Trinajstić information content (AvgIpc) is 3.59. The number of aliphatic hydroxyl groups is 2. The van der Waals surface area contributed by atoms with Gasteiger partial charge in [0.1, 0.15) is 24.2 Å². The zero-order valence-corrected chi connectivity index (χ0v) is 35.2. The molecule has 15 heteroatoms. The van der Waals surface area contributed by atoms with Crippen LogP contribution in [-0.2, 0) is 32.8 Å². The minimum absolute atomic E-state index is 0.0352. The van der Waals surface area contributed by atoms with Gasteiger partial charge in [0.15, 0.2) is 11.7 Å². The number of phosphoric acid groups is 1. The van der Waals surface area contributed by atoms with Crippen molar-refractivity contribution in [2.24, 2.45) is 28.9 Å². The van der Waals surface area contributed by atoms with Crippen LogP contribution < -0.4 is 5.73 Å². The average molecular weight is 797 g/mol. The highest BCUT2D eigenvalue weighted by Gasteiger charge is 2.68. The van der Waals surface area contributed by atoms with Gasteiger partial charge < -0.3 is 49.1 Å². The minimum atomic E-state index is -5.06. The summed E-state index contributed by atoms with van der Waals surface area (Å²) < 4.78 is 48.7. The molecule has 0 bridgehead atoms. The number of oxazole rings is 1. The SMILES string of the molecule is CO[C@H]1C[C@]2(O[C@H]([C@@H](C[C@H](O)[C@H](C)[C@H](O)[C@H](C)/C=C(C)/C(C)=C/CCC(C)=CC(N)=O)OC)[C@H](OP(=O)(O)O)C2(C)C)O[C@H](C/C=C/c2coc(C)n2)[C@H]1C. The maximum absolute atomic E-state index is 12.5. The topological polar surface area (TPSA) is 213 Å². The van der Waals surface area contributed by atoms with Gasteiger partial charge in [-0.05, 0) is 46.1 Å². The summed E-state index contributed by atoms with van der Waals surface area (Å²) in [5.74, 6) is -2.37. The number of phosphoric ester groups is 1. The van der Waals surface area contributed by atoms with Gasteiger partial charge >= 0.3 is 7.82 Å². The molecule has 11 atom stereocenters. The van der Waals surface area contributed by atoms with Crippen LogP contribution in [0.5, 0.6) is 0 Å². The fraction of sp³-hybridized carbons (Fsp3) is 0.700. The van der Waals surface area contributed by atoms with E-state index < -0.39 is 67.5 Å². The third kappa shape index (κ3) is 12.3. The Labute approximate surface area is 326 Å². The highest BCUT2D eigenvalue weighted by atomic mass is 31.2. The largest absolute Gasteiger partial charge is 0.469 e. The quantitative estimate of drug-likeness (QED) is 0.0625. The van der Waals surface area contributed by atoms with Crippen molar-refractivity contribution < 1.29 is 57.2 Å². The number of nitrogens with two attached hydrogens (primary N) is 1. The van der Waals surface area contributed by atoms with E-state index in [1.807, 2.05) is 52.8 Å². The molecule has 1 aromatic rings. The second kappa shape index (κ2) is 19.8. The Kier molecular flexibility index (Phi) is 16.9. The number of nitrogens with zero attached hydrogens (tertiary/aromatic N) is 1. The first kappa shape index (κ1) is 46.9. The van der Waals surface area contributed by atoms with E-state index in [4.69, 9.17) is 33.6 Å². The molecule has 0 unspecified atom stereocenters. The predicted molar refractivity (Wildman–Crippen MR) is 208 cm³/mol. The van der Waals surface area contributed by atoms with Crippen molar-refractivity contribution in [1.82, 2.24) is 4.98 Å². The van der Waals surface area contributed by atoms with E-state index in [0.29, 0.717) is 24.4 Å². The number of allylic oxidation sites excluding steroid dienone is 4. The van der Waals surface area contributed by atoms with Crippen molar-refractivity contribution >= 4 is 19.8 Å². The molecular weight excluding hydrogens is 731 g/mol. The summed E-state index contributed by atoms with van der Waals surface area (Å²) >= 11 is 0. The number of hydrogen-bond acceptors (Lipinski definition) is 11. The highest BCUT2D eigenvalue weighted by Crippen LogP contribution is 2.59. The van der Waals surface area contributed by atoms with E-state index in [1.54, 1.807) is 41.1 Å². The molecule has 2 aliphatic heterocycles. The second-order valence-electron chi connectivity index (χ2n) is 16.0. The summed E-state index contributed by atoms with van der Waals surface area (Å²) in [6, 6.07) is 0. The van der Waals surface area contributed by atoms with Crippen molar-refractivity contribution in [1.29, 1.82) is 0 Å². The van der Waals surface area contributed by atoms with Gasteiger partial charge in [-0.25, -0.2) is 9.55 Å². The minimum Gasteiger partial charge on any atom is -0.449 e. The van der Waals surface area contributed by atoms with Crippen LogP contribution in [0, 0.1) is 30.1 Å².